The van der Waals surface area contributed by atoms with Crippen molar-refractivity contribution < 1.29 is 14.2 Å². The Labute approximate surface area is 114 Å². The molecule has 1 aromatic carbocycles. The van der Waals surface area contributed by atoms with E-state index in [9.17, 15) is 0 Å². The first-order chi connectivity index (χ1) is 9.06. The van der Waals surface area contributed by atoms with Gasteiger partial charge in [0.15, 0.2) is 11.5 Å². The number of rotatable bonds is 3. The summed E-state index contributed by atoms with van der Waals surface area (Å²) in [4.78, 5) is 2.26. The number of hydrogen-bond acceptors (Lipinski definition) is 5. The molecule has 2 N–H and O–H groups in total. The Morgan fingerprint density at radius 1 is 1.21 bits per heavy atom. The lowest BCUT2D eigenvalue weighted by Crippen LogP contribution is -2.47. The van der Waals surface area contributed by atoms with Crippen LogP contribution in [-0.2, 0) is 4.74 Å². The fraction of sp³-hybridized carbons (Fsp3) is 0.571. The number of nitrogens with two attached hydrogens (primary N) is 1. The molecule has 1 fully saturated rings. The second kappa shape index (κ2) is 5.57. The van der Waals surface area contributed by atoms with Crippen molar-refractivity contribution in [2.45, 2.75) is 26.0 Å². The normalized spacial score (nSPS) is 23.3. The summed E-state index contributed by atoms with van der Waals surface area (Å²) in [5.74, 6) is 1.34. The molecule has 5 heteroatoms. The maximum Gasteiger partial charge on any atom is 0.162 e. The minimum atomic E-state index is 0.198. The van der Waals surface area contributed by atoms with Crippen LogP contribution in [0.2, 0.25) is 0 Å². The minimum absolute atomic E-state index is 0.198. The summed E-state index contributed by atoms with van der Waals surface area (Å²) in [6, 6.07) is 4.03. The van der Waals surface area contributed by atoms with Crippen molar-refractivity contribution in [2.75, 3.05) is 38.0 Å². The summed E-state index contributed by atoms with van der Waals surface area (Å²) in [5.41, 5.74) is 7.81. The number of nitrogens with zero attached hydrogens (tertiary/aromatic N) is 1. The third kappa shape index (κ3) is 2.71. The van der Waals surface area contributed by atoms with Crippen LogP contribution in [-0.4, -0.2) is 39.5 Å². The highest BCUT2D eigenvalue weighted by Gasteiger charge is 2.26. The van der Waals surface area contributed by atoms with Gasteiger partial charge in [-0.2, -0.15) is 0 Å². The maximum atomic E-state index is 6.14. The molecule has 19 heavy (non-hydrogen) atoms. The molecule has 2 unspecified atom stereocenters. The molecule has 0 bridgehead atoms. The summed E-state index contributed by atoms with van der Waals surface area (Å²) in [6.07, 6.45) is 0.198. The topological polar surface area (TPSA) is 57.0 Å². The van der Waals surface area contributed by atoms with Crippen molar-refractivity contribution in [1.29, 1.82) is 0 Å². The van der Waals surface area contributed by atoms with Gasteiger partial charge in [0.2, 0.25) is 0 Å². The zero-order valence-electron chi connectivity index (χ0n) is 12.0. The molecular formula is C14H22N2O3. The van der Waals surface area contributed by atoms with E-state index in [1.54, 1.807) is 20.3 Å². The summed E-state index contributed by atoms with van der Waals surface area (Å²) in [5, 5.41) is 0. The van der Waals surface area contributed by atoms with Gasteiger partial charge in [-0.25, -0.2) is 0 Å². The third-order valence-corrected chi connectivity index (χ3v) is 3.45. The minimum Gasteiger partial charge on any atom is -0.493 e. The predicted octanol–water partition coefficient (Wildman–Crippen LogP) is 1.90. The van der Waals surface area contributed by atoms with Crippen molar-refractivity contribution in [3.63, 3.8) is 0 Å². The Balaban J connectivity index is 2.38. The molecule has 1 heterocycles. The average molecular weight is 266 g/mol. The first-order valence-corrected chi connectivity index (χ1v) is 6.46. The molecular weight excluding hydrogens is 244 g/mol. The Morgan fingerprint density at radius 3 is 2.47 bits per heavy atom. The van der Waals surface area contributed by atoms with Gasteiger partial charge in [-0.15, -0.1) is 0 Å². The van der Waals surface area contributed by atoms with E-state index >= 15 is 0 Å². The van der Waals surface area contributed by atoms with E-state index < -0.39 is 0 Å². The fourth-order valence-electron chi connectivity index (χ4n) is 2.37. The van der Waals surface area contributed by atoms with Gasteiger partial charge in [0.1, 0.15) is 0 Å². The Hall–Kier alpha value is -1.62. The second-order valence-electron chi connectivity index (χ2n) is 4.91. The number of anilines is 2. The summed E-state index contributed by atoms with van der Waals surface area (Å²) < 4.78 is 16.3. The van der Waals surface area contributed by atoms with Crippen LogP contribution in [0.1, 0.15) is 13.8 Å². The highest BCUT2D eigenvalue weighted by atomic mass is 16.5. The SMILES string of the molecule is COc1cc(N)c(N2CC(C)OCC2C)cc1OC. The number of ether oxygens (including phenoxy) is 3. The highest BCUT2D eigenvalue weighted by molar-refractivity contribution is 5.73. The van der Waals surface area contributed by atoms with Crippen molar-refractivity contribution in [2.24, 2.45) is 0 Å². The number of nitrogen functional groups attached to an aromatic ring is 1. The Kier molecular flexibility index (Phi) is 4.04. The van der Waals surface area contributed by atoms with Gasteiger partial charge in [0, 0.05) is 24.7 Å². The lowest BCUT2D eigenvalue weighted by atomic mass is 10.1. The van der Waals surface area contributed by atoms with E-state index in [0.717, 1.165) is 12.2 Å². The lowest BCUT2D eigenvalue weighted by Gasteiger charge is -2.39. The number of methoxy groups -OCH3 is 2. The molecule has 0 radical (unpaired) electrons. The second-order valence-corrected chi connectivity index (χ2v) is 4.91. The average Bonchev–Trinajstić information content (AvgIpc) is 2.41. The van der Waals surface area contributed by atoms with Gasteiger partial charge in [0.05, 0.1) is 38.3 Å². The van der Waals surface area contributed by atoms with E-state index in [1.165, 1.54) is 0 Å². The zero-order chi connectivity index (χ0) is 14.0. The van der Waals surface area contributed by atoms with Gasteiger partial charge < -0.3 is 24.8 Å². The van der Waals surface area contributed by atoms with Crippen molar-refractivity contribution in [3.8, 4) is 11.5 Å². The molecule has 1 aromatic rings. The molecule has 1 saturated heterocycles. The largest absolute Gasteiger partial charge is 0.493 e. The molecule has 1 aliphatic heterocycles. The molecule has 0 aliphatic carbocycles. The van der Waals surface area contributed by atoms with Crippen molar-refractivity contribution >= 4 is 11.4 Å². The molecule has 0 saturated carbocycles. The molecule has 5 nitrogen and oxygen atoms in total. The van der Waals surface area contributed by atoms with Crippen molar-refractivity contribution in [1.82, 2.24) is 0 Å². The smallest absolute Gasteiger partial charge is 0.162 e. The van der Waals surface area contributed by atoms with Crippen molar-refractivity contribution in [3.05, 3.63) is 12.1 Å². The van der Waals surface area contributed by atoms with Crippen LogP contribution in [0.25, 0.3) is 0 Å². The quantitative estimate of drug-likeness (QED) is 0.847. The monoisotopic (exact) mass is 266 g/mol. The molecule has 0 amide bonds. The molecule has 2 rings (SSSR count). The molecule has 2 atom stereocenters. The first kappa shape index (κ1) is 13.8. The van der Waals surface area contributed by atoms with Gasteiger partial charge in [0.25, 0.3) is 0 Å². The van der Waals surface area contributed by atoms with Crippen LogP contribution >= 0.6 is 0 Å². The van der Waals surface area contributed by atoms with Gasteiger partial charge in [-0.3, -0.25) is 0 Å². The van der Waals surface area contributed by atoms with E-state index in [1.807, 2.05) is 6.07 Å². The molecule has 0 spiro atoms. The van der Waals surface area contributed by atoms with Crippen LogP contribution in [0.15, 0.2) is 12.1 Å². The number of morpholine rings is 1. The predicted molar refractivity (Wildman–Crippen MR) is 76.2 cm³/mol. The van der Waals surface area contributed by atoms with E-state index in [-0.39, 0.29) is 12.1 Å². The molecule has 106 valence electrons. The summed E-state index contributed by atoms with van der Waals surface area (Å²) in [7, 11) is 3.24. The number of hydrogen-bond donors (Lipinski definition) is 1. The van der Waals surface area contributed by atoms with Crippen LogP contribution in [0, 0.1) is 0 Å². The molecule has 1 aliphatic rings. The van der Waals surface area contributed by atoms with Crippen LogP contribution < -0.4 is 20.1 Å². The van der Waals surface area contributed by atoms with Crippen LogP contribution in [0.3, 0.4) is 0 Å². The summed E-state index contributed by atoms with van der Waals surface area (Å²) >= 11 is 0. The number of benzene rings is 1. The van der Waals surface area contributed by atoms with Gasteiger partial charge in [-0.05, 0) is 13.8 Å². The van der Waals surface area contributed by atoms with E-state index in [0.29, 0.717) is 23.8 Å². The van der Waals surface area contributed by atoms with Gasteiger partial charge >= 0.3 is 0 Å². The maximum absolute atomic E-state index is 6.14. The Bertz CT molecular complexity index is 451. The third-order valence-electron chi connectivity index (χ3n) is 3.45. The summed E-state index contributed by atoms with van der Waals surface area (Å²) in [6.45, 7) is 5.72. The van der Waals surface area contributed by atoms with Crippen LogP contribution in [0.4, 0.5) is 11.4 Å². The van der Waals surface area contributed by atoms with Gasteiger partial charge in [-0.1, -0.05) is 0 Å². The van der Waals surface area contributed by atoms with E-state index in [2.05, 4.69) is 18.7 Å². The lowest BCUT2D eigenvalue weighted by molar-refractivity contribution is 0.0344. The zero-order valence-corrected chi connectivity index (χ0v) is 12.0. The fourth-order valence-corrected chi connectivity index (χ4v) is 2.37. The first-order valence-electron chi connectivity index (χ1n) is 6.46. The van der Waals surface area contributed by atoms with Crippen LogP contribution in [0.5, 0.6) is 11.5 Å². The molecule has 0 aromatic heterocycles. The highest BCUT2D eigenvalue weighted by Crippen LogP contribution is 2.38. The van der Waals surface area contributed by atoms with E-state index in [4.69, 9.17) is 19.9 Å². The Morgan fingerprint density at radius 2 is 1.84 bits per heavy atom. The standard InChI is InChI=1S/C14H22N2O3/c1-9-8-19-10(2)7-16(9)12-6-14(18-4)13(17-3)5-11(12)15/h5-6,9-10H,7-8,15H2,1-4H3.